The van der Waals surface area contributed by atoms with Crippen LogP contribution in [0, 0.1) is 6.92 Å². The predicted octanol–water partition coefficient (Wildman–Crippen LogP) is 0.921. The Morgan fingerprint density at radius 2 is 1.74 bits per heavy atom. The number of aromatic hydroxyl groups is 1. The lowest BCUT2D eigenvalue weighted by Crippen LogP contribution is -3.27. The Bertz CT molecular complexity index is 780. The molecule has 0 bridgehead atoms. The van der Waals surface area contributed by atoms with Gasteiger partial charge in [0.05, 0.1) is 12.7 Å². The number of hydrogen-bond donors (Lipinski definition) is 3. The summed E-state index contributed by atoms with van der Waals surface area (Å²) in [6.07, 6.45) is 2.67. The summed E-state index contributed by atoms with van der Waals surface area (Å²) < 4.78 is 5.36. The van der Waals surface area contributed by atoms with E-state index in [1.54, 1.807) is 12.0 Å². The molecule has 1 aliphatic rings. The summed E-state index contributed by atoms with van der Waals surface area (Å²) >= 11 is 0. The van der Waals surface area contributed by atoms with E-state index in [4.69, 9.17) is 4.74 Å². The molecule has 3 N–H and O–H groups in total. The number of quaternary nitrogens is 2. The number of allylic oxidation sites excluding steroid dienone is 1. The van der Waals surface area contributed by atoms with Gasteiger partial charge in [-0.25, -0.2) is 0 Å². The summed E-state index contributed by atoms with van der Waals surface area (Å²) in [5.74, 6) is 0.847. The topological polar surface area (TPSA) is 38.3 Å². The van der Waals surface area contributed by atoms with Gasteiger partial charge >= 0.3 is 0 Å². The van der Waals surface area contributed by atoms with Gasteiger partial charge in [0.15, 0.2) is 11.5 Å². The fourth-order valence-electron chi connectivity index (χ4n) is 3.99. The van der Waals surface area contributed by atoms with Crippen molar-refractivity contribution in [3.8, 4) is 11.5 Å². The summed E-state index contributed by atoms with van der Waals surface area (Å²) in [4.78, 5) is 3.17. The minimum absolute atomic E-state index is 0.285. The Labute approximate surface area is 162 Å². The number of ether oxygens (including phenoxy) is 1. The Morgan fingerprint density at radius 3 is 2.37 bits per heavy atom. The molecule has 0 aliphatic carbocycles. The van der Waals surface area contributed by atoms with Crippen molar-refractivity contribution in [3.63, 3.8) is 0 Å². The van der Waals surface area contributed by atoms with Crippen LogP contribution in [0.15, 0.2) is 49.1 Å². The van der Waals surface area contributed by atoms with E-state index in [0.717, 1.165) is 56.8 Å². The molecule has 0 amide bonds. The number of piperazine rings is 1. The second-order valence-corrected chi connectivity index (χ2v) is 7.64. The number of nitrogens with one attached hydrogen (secondary N) is 2. The van der Waals surface area contributed by atoms with Gasteiger partial charge in [-0.2, -0.15) is 0 Å². The van der Waals surface area contributed by atoms with Crippen LogP contribution < -0.4 is 14.5 Å². The summed E-state index contributed by atoms with van der Waals surface area (Å²) in [6.45, 7) is 12.5. The van der Waals surface area contributed by atoms with E-state index < -0.39 is 0 Å². The molecule has 0 unspecified atom stereocenters. The maximum atomic E-state index is 10.5. The van der Waals surface area contributed by atoms with Gasteiger partial charge in [0, 0.05) is 5.56 Å². The highest BCUT2D eigenvalue weighted by Crippen LogP contribution is 2.31. The van der Waals surface area contributed by atoms with Gasteiger partial charge in [-0.05, 0) is 31.0 Å². The molecule has 2 aromatic rings. The summed E-state index contributed by atoms with van der Waals surface area (Å²) in [6, 6.07) is 12.8. The first-order valence-electron chi connectivity index (χ1n) is 9.81. The molecule has 4 nitrogen and oxygen atoms in total. The van der Waals surface area contributed by atoms with Gasteiger partial charge in [-0.3, -0.25) is 0 Å². The van der Waals surface area contributed by atoms with Crippen LogP contribution in [0.4, 0.5) is 0 Å². The molecule has 0 saturated carbocycles. The molecule has 1 fully saturated rings. The van der Waals surface area contributed by atoms with Crippen LogP contribution in [0.3, 0.4) is 0 Å². The fourth-order valence-corrected chi connectivity index (χ4v) is 3.99. The van der Waals surface area contributed by atoms with Gasteiger partial charge in [0.25, 0.3) is 0 Å². The summed E-state index contributed by atoms with van der Waals surface area (Å²) in [5, 5.41) is 10.5. The lowest BCUT2D eigenvalue weighted by Gasteiger charge is -2.30. The lowest BCUT2D eigenvalue weighted by atomic mass is 10.0. The van der Waals surface area contributed by atoms with Crippen LogP contribution in [0.1, 0.15) is 22.3 Å². The first-order chi connectivity index (χ1) is 13.1. The lowest BCUT2D eigenvalue weighted by molar-refractivity contribution is -1.02. The van der Waals surface area contributed by atoms with Crippen LogP contribution in [0.5, 0.6) is 11.5 Å². The molecule has 144 valence electrons. The van der Waals surface area contributed by atoms with Crippen molar-refractivity contribution in [1.29, 1.82) is 0 Å². The van der Waals surface area contributed by atoms with Crippen molar-refractivity contribution in [2.45, 2.75) is 26.4 Å². The van der Waals surface area contributed by atoms with Crippen molar-refractivity contribution >= 4 is 0 Å². The van der Waals surface area contributed by atoms with E-state index in [1.807, 2.05) is 12.1 Å². The van der Waals surface area contributed by atoms with Crippen molar-refractivity contribution in [2.75, 3.05) is 33.3 Å². The van der Waals surface area contributed by atoms with Crippen LogP contribution in [0.25, 0.3) is 0 Å². The number of rotatable bonds is 7. The average molecular weight is 369 g/mol. The van der Waals surface area contributed by atoms with E-state index in [0.29, 0.717) is 5.75 Å². The number of aryl methyl sites for hydroxylation is 1. The standard InChI is InChI=1S/C23H30N2O2/c1-4-6-19-14-21(23(26)22(15-19)27-3)17-25-11-9-24(10-12-25)16-20-8-5-7-18(2)13-20/h4-5,7-8,13-15,26H,1,6,9-12,16-17H2,2-3H3/p+2. The zero-order valence-corrected chi connectivity index (χ0v) is 16.6. The van der Waals surface area contributed by atoms with Crippen LogP contribution in [0.2, 0.25) is 0 Å². The molecule has 0 radical (unpaired) electrons. The molecule has 0 aromatic heterocycles. The highest BCUT2D eigenvalue weighted by Gasteiger charge is 2.24. The first-order valence-corrected chi connectivity index (χ1v) is 9.81. The molecule has 4 heteroatoms. The average Bonchev–Trinajstić information content (AvgIpc) is 2.66. The van der Waals surface area contributed by atoms with E-state index in [2.05, 4.69) is 43.8 Å². The maximum absolute atomic E-state index is 10.5. The number of benzene rings is 2. The van der Waals surface area contributed by atoms with E-state index >= 15 is 0 Å². The molecular weight excluding hydrogens is 336 g/mol. The fraction of sp³-hybridized carbons (Fsp3) is 0.391. The summed E-state index contributed by atoms with van der Waals surface area (Å²) in [7, 11) is 1.61. The van der Waals surface area contributed by atoms with Crippen molar-refractivity contribution in [1.82, 2.24) is 0 Å². The smallest absolute Gasteiger partial charge is 0.166 e. The number of phenolic OH excluding ortho intramolecular Hbond substituents is 1. The Hall–Kier alpha value is -2.30. The number of phenols is 1. The molecule has 1 aliphatic heterocycles. The van der Waals surface area contributed by atoms with Gasteiger partial charge in [0.1, 0.15) is 39.3 Å². The molecule has 1 heterocycles. The quantitative estimate of drug-likeness (QED) is 0.636. The SMILES string of the molecule is C=CCc1cc(C[NH+]2CC[NH+](Cc3cccc(C)c3)CC2)c(O)c(OC)c1. The largest absolute Gasteiger partial charge is 0.504 e. The van der Waals surface area contributed by atoms with Crippen LogP contribution in [-0.4, -0.2) is 38.4 Å². The third-order valence-corrected chi connectivity index (χ3v) is 5.45. The zero-order chi connectivity index (χ0) is 19.2. The summed E-state index contributed by atoms with van der Waals surface area (Å²) in [5.41, 5.74) is 4.87. The van der Waals surface area contributed by atoms with Gasteiger partial charge in [-0.15, -0.1) is 6.58 Å². The second-order valence-electron chi connectivity index (χ2n) is 7.64. The molecule has 0 spiro atoms. The van der Waals surface area contributed by atoms with E-state index in [-0.39, 0.29) is 5.75 Å². The monoisotopic (exact) mass is 368 g/mol. The van der Waals surface area contributed by atoms with Gasteiger partial charge in [-0.1, -0.05) is 35.9 Å². The highest BCUT2D eigenvalue weighted by atomic mass is 16.5. The van der Waals surface area contributed by atoms with E-state index in [1.165, 1.54) is 16.0 Å². The maximum Gasteiger partial charge on any atom is 0.166 e. The molecule has 27 heavy (non-hydrogen) atoms. The Balaban J connectivity index is 1.60. The van der Waals surface area contributed by atoms with Crippen LogP contribution >= 0.6 is 0 Å². The molecular formula is C23H32N2O2+2. The third-order valence-electron chi connectivity index (χ3n) is 5.45. The van der Waals surface area contributed by atoms with Crippen molar-refractivity contribution < 1.29 is 19.6 Å². The zero-order valence-electron chi connectivity index (χ0n) is 16.6. The van der Waals surface area contributed by atoms with Gasteiger partial charge < -0.3 is 19.6 Å². The van der Waals surface area contributed by atoms with Crippen molar-refractivity contribution in [2.24, 2.45) is 0 Å². The van der Waals surface area contributed by atoms with Gasteiger partial charge in [0.2, 0.25) is 0 Å². The molecule has 1 saturated heterocycles. The molecule has 2 aromatic carbocycles. The number of hydrogen-bond acceptors (Lipinski definition) is 2. The molecule has 3 rings (SSSR count). The minimum atomic E-state index is 0.285. The minimum Gasteiger partial charge on any atom is -0.504 e. The molecule has 0 atom stereocenters. The van der Waals surface area contributed by atoms with Crippen molar-refractivity contribution in [3.05, 3.63) is 71.3 Å². The highest BCUT2D eigenvalue weighted by molar-refractivity contribution is 5.48. The van der Waals surface area contributed by atoms with Crippen LogP contribution in [-0.2, 0) is 19.5 Å². The second kappa shape index (κ2) is 9.07. The Kier molecular flexibility index (Phi) is 6.54. The number of methoxy groups -OCH3 is 1. The first kappa shape index (κ1) is 19.5. The predicted molar refractivity (Wildman–Crippen MR) is 109 cm³/mol. The normalized spacial score (nSPS) is 19.6. The van der Waals surface area contributed by atoms with E-state index in [9.17, 15) is 5.11 Å². The Morgan fingerprint density at radius 1 is 1.04 bits per heavy atom. The third kappa shape index (κ3) is 5.12.